The lowest BCUT2D eigenvalue weighted by atomic mass is 10.1. The number of aromatic hydroxyl groups is 1. The number of aromatic nitrogens is 4. The van der Waals surface area contributed by atoms with Crippen molar-refractivity contribution in [3.63, 3.8) is 0 Å². The van der Waals surface area contributed by atoms with Gasteiger partial charge in [-0.15, -0.1) is 0 Å². The average molecular weight is 460 g/mol. The predicted octanol–water partition coefficient (Wildman–Crippen LogP) is 1.07. The van der Waals surface area contributed by atoms with Crippen LogP contribution in [0.25, 0.3) is 11.2 Å². The second-order valence-electron chi connectivity index (χ2n) is 7.41. The Morgan fingerprint density at radius 3 is 2.21 bits per heavy atom. The minimum Gasteiger partial charge on any atom is -0.506 e. The number of carboxylic acid groups (broad SMARTS) is 1. The number of imidazole rings is 1. The van der Waals surface area contributed by atoms with E-state index >= 15 is 0 Å². The molecule has 0 saturated heterocycles. The molecule has 11 heteroatoms. The van der Waals surface area contributed by atoms with Crippen molar-refractivity contribution in [3.05, 3.63) is 56.5 Å². The number of likely N-dealkylation sites (N-methyl/N-ethyl adjacent to an activating group) is 1. The van der Waals surface area contributed by atoms with Crippen LogP contribution in [0.15, 0.2) is 34.1 Å². The van der Waals surface area contributed by atoms with Crippen LogP contribution < -0.4 is 11.2 Å². The number of para-hydroxylation sites is 1. The average Bonchev–Trinajstić information content (AvgIpc) is 3.21. The molecule has 178 valence electrons. The van der Waals surface area contributed by atoms with Gasteiger partial charge in [0.2, 0.25) is 0 Å². The van der Waals surface area contributed by atoms with Gasteiger partial charge in [-0.3, -0.25) is 18.7 Å². The second-order valence-corrected chi connectivity index (χ2v) is 7.41. The van der Waals surface area contributed by atoms with Gasteiger partial charge in [-0.1, -0.05) is 19.9 Å². The van der Waals surface area contributed by atoms with Crippen LogP contribution in [0.1, 0.15) is 41.5 Å². The SMILES string of the molecule is CC(=O)c1cccc(C(=O)O)c1O.CCN(CC)CCn1cnc2c1c(=O)n(C)c(=O)n2C. The number of carbonyl (C=O) groups excluding carboxylic acids is 1. The summed E-state index contributed by atoms with van der Waals surface area (Å²) in [7, 11) is 3.12. The largest absolute Gasteiger partial charge is 0.506 e. The molecular weight excluding hydrogens is 430 g/mol. The summed E-state index contributed by atoms with van der Waals surface area (Å²) in [4.78, 5) is 52.0. The Morgan fingerprint density at radius 2 is 1.67 bits per heavy atom. The number of phenols is 1. The Hall–Kier alpha value is -3.73. The molecule has 1 aromatic carbocycles. The van der Waals surface area contributed by atoms with E-state index in [2.05, 4.69) is 23.7 Å². The third kappa shape index (κ3) is 5.37. The molecule has 0 radical (unpaired) electrons. The monoisotopic (exact) mass is 459 g/mol. The maximum atomic E-state index is 12.2. The van der Waals surface area contributed by atoms with Crippen LogP contribution in [-0.4, -0.2) is 65.2 Å². The zero-order valence-corrected chi connectivity index (χ0v) is 19.4. The fourth-order valence-electron chi connectivity index (χ4n) is 3.36. The fourth-order valence-corrected chi connectivity index (χ4v) is 3.36. The number of hydrogen-bond acceptors (Lipinski definition) is 7. The van der Waals surface area contributed by atoms with Crippen molar-refractivity contribution in [1.29, 1.82) is 0 Å². The van der Waals surface area contributed by atoms with E-state index in [1.807, 2.05) is 4.57 Å². The van der Waals surface area contributed by atoms with Crippen molar-refractivity contribution in [1.82, 2.24) is 23.6 Å². The van der Waals surface area contributed by atoms with Gasteiger partial charge in [0.25, 0.3) is 5.56 Å². The number of ketones is 1. The van der Waals surface area contributed by atoms with Gasteiger partial charge in [0.1, 0.15) is 11.3 Å². The third-order valence-corrected chi connectivity index (χ3v) is 5.41. The molecule has 0 fully saturated rings. The topological polar surface area (TPSA) is 140 Å². The third-order valence-electron chi connectivity index (χ3n) is 5.41. The molecule has 3 aromatic rings. The molecule has 0 unspecified atom stereocenters. The standard InChI is InChI=1S/C13H21N5O2.C9H8O4/c1-5-17(6-2)7-8-18-9-14-11-10(18)12(19)16(4)13(20)15(11)3;1-5(10)6-3-2-4-7(8(6)11)9(12)13/h9H,5-8H2,1-4H3;2-4,11H,1H3,(H,12,13). The van der Waals surface area contributed by atoms with Gasteiger partial charge in [-0.2, -0.15) is 0 Å². The van der Waals surface area contributed by atoms with Gasteiger partial charge in [0, 0.05) is 27.2 Å². The van der Waals surface area contributed by atoms with Gasteiger partial charge in [0.05, 0.1) is 11.9 Å². The Bertz CT molecular complexity index is 1250. The first-order chi connectivity index (χ1) is 15.5. The molecule has 0 bridgehead atoms. The Morgan fingerprint density at radius 1 is 1.06 bits per heavy atom. The highest BCUT2D eigenvalue weighted by atomic mass is 16.4. The quantitative estimate of drug-likeness (QED) is 0.500. The van der Waals surface area contributed by atoms with E-state index in [0.717, 1.165) is 24.2 Å². The van der Waals surface area contributed by atoms with E-state index in [4.69, 9.17) is 5.11 Å². The number of aryl methyl sites for hydroxylation is 1. The van der Waals surface area contributed by atoms with Crippen LogP contribution in [0.3, 0.4) is 0 Å². The molecule has 0 aliphatic heterocycles. The Balaban J connectivity index is 0.000000257. The van der Waals surface area contributed by atoms with Crippen molar-refractivity contribution >= 4 is 22.9 Å². The first-order valence-corrected chi connectivity index (χ1v) is 10.4. The van der Waals surface area contributed by atoms with E-state index in [1.165, 1.54) is 36.7 Å². The van der Waals surface area contributed by atoms with Crippen LogP contribution in [0.5, 0.6) is 5.75 Å². The highest BCUT2D eigenvalue weighted by Gasteiger charge is 2.15. The van der Waals surface area contributed by atoms with Crippen molar-refractivity contribution in [2.45, 2.75) is 27.3 Å². The van der Waals surface area contributed by atoms with E-state index < -0.39 is 11.7 Å². The molecule has 0 spiro atoms. The summed E-state index contributed by atoms with van der Waals surface area (Å²) in [5.41, 5.74) is 0.0589. The molecule has 33 heavy (non-hydrogen) atoms. The molecule has 2 N–H and O–H groups in total. The number of aromatic carboxylic acids is 1. The lowest BCUT2D eigenvalue weighted by molar-refractivity contribution is 0.0693. The Kier molecular flexibility index (Phi) is 8.30. The van der Waals surface area contributed by atoms with Gasteiger partial charge >= 0.3 is 11.7 Å². The molecule has 0 atom stereocenters. The highest BCUT2D eigenvalue weighted by Crippen LogP contribution is 2.22. The fraction of sp³-hybridized carbons (Fsp3) is 0.409. The number of fused-ring (bicyclic) bond motifs is 1. The molecule has 2 aromatic heterocycles. The summed E-state index contributed by atoms with van der Waals surface area (Å²) in [6.45, 7) is 8.96. The summed E-state index contributed by atoms with van der Waals surface area (Å²) < 4.78 is 4.36. The number of carbonyl (C=O) groups is 2. The summed E-state index contributed by atoms with van der Waals surface area (Å²) in [5.74, 6) is -2.08. The van der Waals surface area contributed by atoms with Gasteiger partial charge in [-0.05, 0) is 32.1 Å². The number of nitrogens with zero attached hydrogens (tertiary/aromatic N) is 5. The first kappa shape index (κ1) is 25.5. The first-order valence-electron chi connectivity index (χ1n) is 10.4. The summed E-state index contributed by atoms with van der Waals surface area (Å²) in [5, 5.41) is 17.9. The van der Waals surface area contributed by atoms with Gasteiger partial charge in [-0.25, -0.2) is 14.6 Å². The van der Waals surface area contributed by atoms with Crippen LogP contribution in [-0.2, 0) is 20.6 Å². The van der Waals surface area contributed by atoms with Gasteiger partial charge < -0.3 is 19.7 Å². The number of Topliss-reactive ketones (excluding diaryl/α,β-unsaturated/α-hetero) is 1. The van der Waals surface area contributed by atoms with Crippen molar-refractivity contribution in [3.8, 4) is 5.75 Å². The molecular formula is C22H29N5O6. The predicted molar refractivity (Wildman–Crippen MR) is 123 cm³/mol. The van der Waals surface area contributed by atoms with Crippen molar-refractivity contribution < 1.29 is 19.8 Å². The molecule has 0 aliphatic carbocycles. The van der Waals surface area contributed by atoms with E-state index in [1.54, 1.807) is 13.4 Å². The molecule has 3 rings (SSSR count). The highest BCUT2D eigenvalue weighted by molar-refractivity contribution is 6.01. The van der Waals surface area contributed by atoms with Crippen molar-refractivity contribution in [2.24, 2.45) is 14.1 Å². The summed E-state index contributed by atoms with van der Waals surface area (Å²) in [6, 6.07) is 4.04. The summed E-state index contributed by atoms with van der Waals surface area (Å²) in [6.07, 6.45) is 1.63. The Labute approximate surface area is 190 Å². The van der Waals surface area contributed by atoms with Crippen molar-refractivity contribution in [2.75, 3.05) is 19.6 Å². The zero-order chi connectivity index (χ0) is 24.9. The van der Waals surface area contributed by atoms with Crippen LogP contribution in [0, 0.1) is 0 Å². The molecule has 11 nitrogen and oxygen atoms in total. The number of hydrogen-bond donors (Lipinski definition) is 2. The summed E-state index contributed by atoms with van der Waals surface area (Å²) >= 11 is 0. The lowest BCUT2D eigenvalue weighted by Gasteiger charge is -2.18. The van der Waals surface area contributed by atoms with E-state index in [9.17, 15) is 24.3 Å². The maximum Gasteiger partial charge on any atom is 0.339 e. The van der Waals surface area contributed by atoms with Crippen LogP contribution in [0.2, 0.25) is 0 Å². The minimum atomic E-state index is -1.25. The van der Waals surface area contributed by atoms with Crippen LogP contribution in [0.4, 0.5) is 0 Å². The van der Waals surface area contributed by atoms with Crippen LogP contribution >= 0.6 is 0 Å². The zero-order valence-electron chi connectivity index (χ0n) is 19.4. The normalized spacial score (nSPS) is 10.8. The molecule has 2 heterocycles. The van der Waals surface area contributed by atoms with E-state index in [-0.39, 0.29) is 28.2 Å². The van der Waals surface area contributed by atoms with Gasteiger partial charge in [0.15, 0.2) is 16.9 Å². The smallest absolute Gasteiger partial charge is 0.339 e. The number of benzene rings is 1. The molecule has 0 saturated carbocycles. The maximum absolute atomic E-state index is 12.2. The lowest BCUT2D eigenvalue weighted by Crippen LogP contribution is -2.38. The second kappa shape index (κ2) is 10.7. The number of rotatable bonds is 7. The van der Waals surface area contributed by atoms with E-state index in [0.29, 0.717) is 17.7 Å². The molecule has 0 aliphatic rings. The number of carboxylic acids is 1. The minimum absolute atomic E-state index is 0.0277. The molecule has 0 amide bonds.